The van der Waals surface area contributed by atoms with Crippen LogP contribution in [0.3, 0.4) is 0 Å². The predicted octanol–water partition coefficient (Wildman–Crippen LogP) is 3.32. The summed E-state index contributed by atoms with van der Waals surface area (Å²) >= 11 is 1.67. The number of aromatic nitrogens is 2. The lowest BCUT2D eigenvalue weighted by atomic mass is 10.2. The lowest BCUT2D eigenvalue weighted by molar-refractivity contribution is 0.0697. The van der Waals surface area contributed by atoms with Gasteiger partial charge in [-0.05, 0) is 38.1 Å². The first-order valence-electron chi connectivity index (χ1n) is 6.56. The number of carbonyl (C=O) groups is 1. The minimum Gasteiger partial charge on any atom is -0.478 e. The van der Waals surface area contributed by atoms with Crippen LogP contribution in [0.15, 0.2) is 30.5 Å². The molecule has 0 unspecified atom stereocenters. The maximum atomic E-state index is 10.8. The zero-order valence-electron chi connectivity index (χ0n) is 11.8. The lowest BCUT2D eigenvalue weighted by Crippen LogP contribution is -2.04. The second-order valence-electron chi connectivity index (χ2n) is 4.87. The number of nitrogens with zero attached hydrogens (tertiary/aromatic N) is 2. The number of rotatable bonds is 4. The van der Waals surface area contributed by atoms with E-state index in [1.807, 2.05) is 6.92 Å². The largest absolute Gasteiger partial charge is 0.478 e. The van der Waals surface area contributed by atoms with Crippen molar-refractivity contribution in [2.45, 2.75) is 20.4 Å². The maximum absolute atomic E-state index is 10.8. The first-order chi connectivity index (χ1) is 10.0. The molecule has 0 bridgehead atoms. The van der Waals surface area contributed by atoms with E-state index >= 15 is 0 Å². The molecular formula is C15H15N3O2S. The van der Waals surface area contributed by atoms with Crippen LogP contribution in [-0.4, -0.2) is 20.5 Å². The summed E-state index contributed by atoms with van der Waals surface area (Å²) in [6.45, 7) is 4.71. The molecule has 0 aliphatic rings. The Bertz CT molecular complexity index is 802. The van der Waals surface area contributed by atoms with Crippen LogP contribution in [0.4, 0.5) is 5.69 Å². The number of aromatic carboxylic acids is 1. The van der Waals surface area contributed by atoms with Crippen molar-refractivity contribution in [3.05, 3.63) is 52.3 Å². The fraction of sp³-hybridized carbons (Fsp3) is 0.200. The van der Waals surface area contributed by atoms with Gasteiger partial charge in [0, 0.05) is 16.8 Å². The smallest absolute Gasteiger partial charge is 0.335 e. The van der Waals surface area contributed by atoms with E-state index in [0.29, 0.717) is 6.54 Å². The summed E-state index contributed by atoms with van der Waals surface area (Å²) in [5.41, 5.74) is 3.31. The van der Waals surface area contributed by atoms with Crippen molar-refractivity contribution < 1.29 is 9.90 Å². The molecule has 0 saturated heterocycles. The van der Waals surface area contributed by atoms with Gasteiger partial charge in [-0.2, -0.15) is 0 Å². The quantitative estimate of drug-likeness (QED) is 0.775. The Labute approximate surface area is 125 Å². The molecule has 1 aromatic carbocycles. The number of carboxylic acid groups (broad SMARTS) is 1. The Hall–Kier alpha value is -2.34. The highest BCUT2D eigenvalue weighted by molar-refractivity contribution is 7.17. The van der Waals surface area contributed by atoms with Crippen molar-refractivity contribution in [2.75, 3.05) is 5.32 Å². The van der Waals surface area contributed by atoms with E-state index < -0.39 is 5.97 Å². The zero-order chi connectivity index (χ0) is 15.0. The molecule has 0 atom stereocenters. The minimum atomic E-state index is -0.913. The van der Waals surface area contributed by atoms with Crippen molar-refractivity contribution >= 4 is 28.0 Å². The Morgan fingerprint density at radius 3 is 2.71 bits per heavy atom. The van der Waals surface area contributed by atoms with Gasteiger partial charge in [-0.1, -0.05) is 0 Å². The van der Waals surface area contributed by atoms with Crippen LogP contribution in [-0.2, 0) is 6.54 Å². The second kappa shape index (κ2) is 5.21. The average Bonchev–Trinajstić information content (AvgIpc) is 2.92. The first kappa shape index (κ1) is 13.6. The maximum Gasteiger partial charge on any atom is 0.335 e. The van der Waals surface area contributed by atoms with Crippen molar-refractivity contribution in [3.63, 3.8) is 0 Å². The molecule has 2 aromatic heterocycles. The van der Waals surface area contributed by atoms with Gasteiger partial charge in [-0.3, -0.25) is 4.40 Å². The predicted molar refractivity (Wildman–Crippen MR) is 83.3 cm³/mol. The molecule has 5 nitrogen and oxygen atoms in total. The molecule has 2 heterocycles. The summed E-state index contributed by atoms with van der Waals surface area (Å²) in [5, 5.41) is 12.2. The van der Waals surface area contributed by atoms with Crippen LogP contribution in [0.1, 0.15) is 26.6 Å². The van der Waals surface area contributed by atoms with Gasteiger partial charge in [0.05, 0.1) is 23.5 Å². The fourth-order valence-corrected chi connectivity index (χ4v) is 3.13. The minimum absolute atomic E-state index is 0.289. The number of imidazole rings is 1. The lowest BCUT2D eigenvalue weighted by Gasteiger charge is -2.07. The molecule has 0 saturated carbocycles. The van der Waals surface area contributed by atoms with Gasteiger partial charge in [0.1, 0.15) is 0 Å². The van der Waals surface area contributed by atoms with Gasteiger partial charge in [0.15, 0.2) is 4.96 Å². The molecule has 3 aromatic rings. The first-order valence-corrected chi connectivity index (χ1v) is 7.37. The van der Waals surface area contributed by atoms with E-state index in [0.717, 1.165) is 22.0 Å². The number of carboxylic acids is 1. The average molecular weight is 301 g/mol. The molecule has 0 fully saturated rings. The van der Waals surface area contributed by atoms with Crippen LogP contribution in [0, 0.1) is 13.8 Å². The normalized spacial score (nSPS) is 11.0. The van der Waals surface area contributed by atoms with Crippen LogP contribution >= 0.6 is 11.3 Å². The Balaban J connectivity index is 1.79. The number of fused-ring (bicyclic) bond motifs is 1. The summed E-state index contributed by atoms with van der Waals surface area (Å²) in [5.74, 6) is -0.913. The highest BCUT2D eigenvalue weighted by atomic mass is 32.1. The number of anilines is 1. The van der Waals surface area contributed by atoms with E-state index in [1.165, 1.54) is 4.88 Å². The second-order valence-corrected chi connectivity index (χ2v) is 6.09. The zero-order valence-corrected chi connectivity index (χ0v) is 12.6. The fourth-order valence-electron chi connectivity index (χ4n) is 2.24. The molecule has 3 rings (SSSR count). The number of nitrogens with one attached hydrogen (secondary N) is 1. The van der Waals surface area contributed by atoms with Crippen molar-refractivity contribution in [3.8, 4) is 0 Å². The summed E-state index contributed by atoms with van der Waals surface area (Å²) in [6.07, 6.45) is 2.09. The van der Waals surface area contributed by atoms with Crippen LogP contribution in [0.2, 0.25) is 0 Å². The molecule has 108 valence electrons. The van der Waals surface area contributed by atoms with Crippen molar-refractivity contribution in [1.82, 2.24) is 9.38 Å². The van der Waals surface area contributed by atoms with E-state index in [9.17, 15) is 4.79 Å². The Morgan fingerprint density at radius 1 is 1.33 bits per heavy atom. The molecule has 0 aliphatic heterocycles. The number of hydrogen-bond donors (Lipinski definition) is 2. The summed E-state index contributed by atoms with van der Waals surface area (Å²) < 4.78 is 2.11. The standard InChI is InChI=1S/C15H15N3O2S/c1-9-8-18-13(10(2)17-15(18)21-9)7-16-12-5-3-11(4-6-12)14(19)20/h3-6,8,16H,7H2,1-2H3,(H,19,20). The van der Waals surface area contributed by atoms with Crippen LogP contribution < -0.4 is 5.32 Å². The number of aryl methyl sites for hydroxylation is 2. The third-order valence-electron chi connectivity index (χ3n) is 3.33. The molecule has 0 aliphatic carbocycles. The van der Waals surface area contributed by atoms with Gasteiger partial charge in [0.25, 0.3) is 0 Å². The molecule has 2 N–H and O–H groups in total. The van der Waals surface area contributed by atoms with E-state index in [2.05, 4.69) is 27.8 Å². The Kier molecular flexibility index (Phi) is 3.39. The molecule has 0 amide bonds. The van der Waals surface area contributed by atoms with Gasteiger partial charge < -0.3 is 10.4 Å². The molecule has 0 radical (unpaired) electrons. The van der Waals surface area contributed by atoms with Crippen LogP contribution in [0.5, 0.6) is 0 Å². The van der Waals surface area contributed by atoms with E-state index in [1.54, 1.807) is 35.6 Å². The molecule has 21 heavy (non-hydrogen) atoms. The third kappa shape index (κ3) is 2.62. The van der Waals surface area contributed by atoms with Gasteiger partial charge >= 0.3 is 5.97 Å². The van der Waals surface area contributed by atoms with Crippen LogP contribution in [0.25, 0.3) is 4.96 Å². The number of hydrogen-bond acceptors (Lipinski definition) is 4. The molecule has 0 spiro atoms. The monoisotopic (exact) mass is 301 g/mol. The van der Waals surface area contributed by atoms with E-state index in [4.69, 9.17) is 5.11 Å². The van der Waals surface area contributed by atoms with Gasteiger partial charge in [0.2, 0.25) is 0 Å². The molecule has 6 heteroatoms. The third-order valence-corrected chi connectivity index (χ3v) is 4.23. The van der Waals surface area contributed by atoms with E-state index in [-0.39, 0.29) is 5.56 Å². The van der Waals surface area contributed by atoms with Gasteiger partial charge in [-0.15, -0.1) is 11.3 Å². The van der Waals surface area contributed by atoms with Gasteiger partial charge in [-0.25, -0.2) is 9.78 Å². The number of thiazole rings is 1. The summed E-state index contributed by atoms with van der Waals surface area (Å²) in [6, 6.07) is 6.74. The Morgan fingerprint density at radius 2 is 2.05 bits per heavy atom. The highest BCUT2D eigenvalue weighted by Crippen LogP contribution is 2.21. The highest BCUT2D eigenvalue weighted by Gasteiger charge is 2.10. The topological polar surface area (TPSA) is 66.6 Å². The number of benzene rings is 1. The SMILES string of the molecule is Cc1cn2c(CNc3ccc(C(=O)O)cc3)c(C)nc2s1. The molecular weight excluding hydrogens is 286 g/mol. The van der Waals surface area contributed by atoms with Crippen molar-refractivity contribution in [2.24, 2.45) is 0 Å². The van der Waals surface area contributed by atoms with Crippen molar-refractivity contribution in [1.29, 1.82) is 0 Å². The summed E-state index contributed by atoms with van der Waals surface area (Å²) in [4.78, 5) is 17.6. The summed E-state index contributed by atoms with van der Waals surface area (Å²) in [7, 11) is 0.